The lowest BCUT2D eigenvalue weighted by molar-refractivity contribution is -0.286. The van der Waals surface area contributed by atoms with Crippen molar-refractivity contribution in [3.8, 4) is 17.2 Å². The van der Waals surface area contributed by atoms with Gasteiger partial charge in [0, 0.05) is 23.2 Å². The molecule has 1 atom stereocenters. The molecule has 0 aliphatic carbocycles. The second-order valence-corrected chi connectivity index (χ2v) is 6.89. The van der Waals surface area contributed by atoms with E-state index >= 15 is 0 Å². The molecule has 0 spiro atoms. The van der Waals surface area contributed by atoms with Crippen LogP contribution in [0, 0.1) is 5.82 Å². The van der Waals surface area contributed by atoms with E-state index in [1.807, 2.05) is 0 Å². The minimum atomic E-state index is -3.74. The number of nitrogens with zero attached hydrogens (tertiary/aromatic N) is 1. The van der Waals surface area contributed by atoms with Crippen molar-refractivity contribution < 1.29 is 27.8 Å². The summed E-state index contributed by atoms with van der Waals surface area (Å²) in [6, 6.07) is 14.0. The zero-order valence-corrected chi connectivity index (χ0v) is 15.6. The van der Waals surface area contributed by atoms with Gasteiger partial charge in [0.1, 0.15) is 11.5 Å². The van der Waals surface area contributed by atoms with E-state index in [1.54, 1.807) is 12.1 Å². The molecule has 0 saturated carbocycles. The van der Waals surface area contributed by atoms with Crippen LogP contribution < -0.4 is 20.3 Å². The minimum Gasteiger partial charge on any atom is -0.395 e. The van der Waals surface area contributed by atoms with Gasteiger partial charge in [-0.3, -0.25) is 9.36 Å². The molecule has 158 valence electrons. The second-order valence-electron chi connectivity index (χ2n) is 6.89. The number of benzene rings is 2. The second kappa shape index (κ2) is 6.81. The third-order valence-corrected chi connectivity index (χ3v) is 4.78. The number of alkyl halides is 2. The van der Waals surface area contributed by atoms with Gasteiger partial charge in [0.25, 0.3) is 5.56 Å². The summed E-state index contributed by atoms with van der Waals surface area (Å²) in [6.45, 7) is 0. The van der Waals surface area contributed by atoms with Gasteiger partial charge in [-0.05, 0) is 48.5 Å². The summed E-state index contributed by atoms with van der Waals surface area (Å²) in [5.41, 5.74) is 1.14. The predicted octanol–water partition coefficient (Wildman–Crippen LogP) is 3.88. The number of halogens is 3. The number of ether oxygens (including phenoxy) is 2. The number of pyridine rings is 1. The van der Waals surface area contributed by atoms with Gasteiger partial charge in [-0.25, -0.2) is 4.39 Å². The van der Waals surface area contributed by atoms with Crippen LogP contribution in [0.25, 0.3) is 16.7 Å². The molecule has 5 rings (SSSR count). The third-order valence-electron chi connectivity index (χ3n) is 4.78. The highest BCUT2D eigenvalue weighted by Gasteiger charge is 2.43. The summed E-state index contributed by atoms with van der Waals surface area (Å²) in [6.07, 6.45) is -4.99. The molecule has 4 aromatic rings. The van der Waals surface area contributed by atoms with Crippen LogP contribution in [0.1, 0.15) is 11.9 Å². The van der Waals surface area contributed by atoms with Crippen LogP contribution >= 0.6 is 0 Å². The van der Waals surface area contributed by atoms with Crippen molar-refractivity contribution >= 4 is 16.7 Å². The van der Waals surface area contributed by atoms with Crippen molar-refractivity contribution in [1.29, 1.82) is 0 Å². The summed E-state index contributed by atoms with van der Waals surface area (Å²) < 4.78 is 49.7. The SMILES string of the molecule is O=c1ccc2cc(C(O)Nc3ccc4c(c3)OC(F)(F)O4)[nH]c2n1-c1ccc(F)cc1. The number of H-pyrrole nitrogens is 1. The molecule has 1 aliphatic rings. The van der Waals surface area contributed by atoms with E-state index in [4.69, 9.17) is 0 Å². The van der Waals surface area contributed by atoms with E-state index in [0.29, 0.717) is 28.1 Å². The van der Waals surface area contributed by atoms with Crippen molar-refractivity contribution in [3.63, 3.8) is 0 Å². The zero-order valence-electron chi connectivity index (χ0n) is 15.6. The van der Waals surface area contributed by atoms with E-state index < -0.39 is 18.3 Å². The highest BCUT2D eigenvalue weighted by atomic mass is 19.3. The van der Waals surface area contributed by atoms with Crippen LogP contribution in [0.3, 0.4) is 0 Å². The summed E-state index contributed by atoms with van der Waals surface area (Å²) in [5.74, 6) is -0.708. The summed E-state index contributed by atoms with van der Waals surface area (Å²) in [7, 11) is 0. The molecular weight excluding hydrogens is 415 g/mol. The van der Waals surface area contributed by atoms with E-state index in [2.05, 4.69) is 19.8 Å². The molecule has 0 saturated heterocycles. The number of anilines is 1. The van der Waals surface area contributed by atoms with Gasteiger partial charge in [-0.1, -0.05) is 0 Å². The van der Waals surface area contributed by atoms with Gasteiger partial charge in [0.05, 0.1) is 11.4 Å². The van der Waals surface area contributed by atoms with Crippen LogP contribution in [0.15, 0.2) is 65.5 Å². The zero-order chi connectivity index (χ0) is 21.8. The number of aromatic amines is 1. The van der Waals surface area contributed by atoms with Crippen LogP contribution in [0.5, 0.6) is 11.5 Å². The predicted molar refractivity (Wildman–Crippen MR) is 105 cm³/mol. The van der Waals surface area contributed by atoms with Crippen LogP contribution in [0.2, 0.25) is 0 Å². The first-order valence-corrected chi connectivity index (χ1v) is 9.14. The number of aliphatic hydroxyl groups is 1. The van der Waals surface area contributed by atoms with Gasteiger partial charge >= 0.3 is 6.29 Å². The van der Waals surface area contributed by atoms with Gasteiger partial charge in [0.2, 0.25) is 0 Å². The highest BCUT2D eigenvalue weighted by Crippen LogP contribution is 2.42. The summed E-state index contributed by atoms with van der Waals surface area (Å²) >= 11 is 0. The van der Waals surface area contributed by atoms with Crippen molar-refractivity contribution in [2.75, 3.05) is 5.32 Å². The van der Waals surface area contributed by atoms with Gasteiger partial charge in [0.15, 0.2) is 17.7 Å². The normalized spacial score (nSPS) is 15.2. The molecule has 1 aliphatic heterocycles. The Morgan fingerprint density at radius 1 is 1.00 bits per heavy atom. The lowest BCUT2D eigenvalue weighted by atomic mass is 10.2. The van der Waals surface area contributed by atoms with E-state index in [1.165, 1.54) is 53.1 Å². The average molecular weight is 429 g/mol. The lowest BCUT2D eigenvalue weighted by Gasteiger charge is -2.13. The Kier molecular flexibility index (Phi) is 4.19. The molecule has 31 heavy (non-hydrogen) atoms. The monoisotopic (exact) mass is 429 g/mol. The fourth-order valence-electron chi connectivity index (χ4n) is 3.41. The first-order valence-electron chi connectivity index (χ1n) is 9.14. The molecule has 0 amide bonds. The average Bonchev–Trinajstić information content (AvgIpc) is 3.28. The van der Waals surface area contributed by atoms with E-state index in [-0.39, 0.29) is 17.1 Å². The number of aromatic nitrogens is 2. The molecule has 2 aromatic carbocycles. The Hall–Kier alpha value is -3.92. The topological polar surface area (TPSA) is 88.5 Å². The van der Waals surface area contributed by atoms with E-state index in [0.717, 1.165) is 0 Å². The maximum atomic E-state index is 13.3. The molecule has 1 unspecified atom stereocenters. The Morgan fingerprint density at radius 3 is 2.52 bits per heavy atom. The number of fused-ring (bicyclic) bond motifs is 2. The van der Waals surface area contributed by atoms with Crippen LogP contribution in [-0.4, -0.2) is 21.0 Å². The van der Waals surface area contributed by atoms with Crippen molar-refractivity contribution in [2.24, 2.45) is 0 Å². The Balaban J connectivity index is 1.47. The van der Waals surface area contributed by atoms with Gasteiger partial charge < -0.3 is 24.9 Å². The quantitative estimate of drug-likeness (QED) is 0.429. The smallest absolute Gasteiger partial charge is 0.395 e. The fourth-order valence-corrected chi connectivity index (χ4v) is 3.41. The molecule has 0 bridgehead atoms. The fraction of sp³-hybridized carbons (Fsp3) is 0.0952. The maximum absolute atomic E-state index is 13.3. The lowest BCUT2D eigenvalue weighted by Crippen LogP contribution is -2.25. The van der Waals surface area contributed by atoms with Crippen molar-refractivity contribution in [3.05, 3.63) is 82.5 Å². The number of rotatable bonds is 4. The maximum Gasteiger partial charge on any atom is 0.586 e. The Bertz CT molecular complexity index is 1350. The molecule has 10 heteroatoms. The van der Waals surface area contributed by atoms with Crippen LogP contribution in [0.4, 0.5) is 18.9 Å². The molecule has 2 aromatic heterocycles. The van der Waals surface area contributed by atoms with Gasteiger partial charge in [-0.2, -0.15) is 0 Å². The number of nitrogens with one attached hydrogen (secondary N) is 2. The highest BCUT2D eigenvalue weighted by molar-refractivity contribution is 5.79. The first-order chi connectivity index (χ1) is 14.8. The number of aliphatic hydroxyl groups excluding tert-OH is 1. The number of hydrogen-bond donors (Lipinski definition) is 3. The third kappa shape index (κ3) is 3.46. The van der Waals surface area contributed by atoms with Gasteiger partial charge in [-0.15, -0.1) is 8.78 Å². The Labute approximate surface area is 172 Å². The molecule has 0 radical (unpaired) electrons. The molecule has 3 N–H and O–H groups in total. The largest absolute Gasteiger partial charge is 0.586 e. The molecular formula is C21H14F3N3O4. The summed E-state index contributed by atoms with van der Waals surface area (Å²) in [4.78, 5) is 15.4. The van der Waals surface area contributed by atoms with Crippen molar-refractivity contribution in [1.82, 2.24) is 9.55 Å². The standard InChI is InChI=1S/C21H14F3N3O4/c22-12-2-5-14(6-3-12)27-18(28)8-1-11-9-15(26-19(11)27)20(29)25-13-4-7-16-17(10-13)31-21(23,24)30-16/h1-10,20,25-26,29H. The van der Waals surface area contributed by atoms with Crippen molar-refractivity contribution in [2.45, 2.75) is 12.5 Å². The summed E-state index contributed by atoms with van der Waals surface area (Å²) in [5, 5.41) is 14.0. The Morgan fingerprint density at radius 2 is 1.74 bits per heavy atom. The molecule has 3 heterocycles. The van der Waals surface area contributed by atoms with Crippen LogP contribution in [-0.2, 0) is 0 Å². The molecule has 7 nitrogen and oxygen atoms in total. The number of hydrogen-bond acceptors (Lipinski definition) is 5. The molecule has 0 fully saturated rings. The minimum absolute atomic E-state index is 0.112. The first kappa shape index (κ1) is 19.1. The van der Waals surface area contributed by atoms with E-state index in [9.17, 15) is 23.1 Å².